The van der Waals surface area contributed by atoms with Crippen molar-refractivity contribution in [2.75, 3.05) is 12.4 Å². The number of rotatable bonds is 3. The second kappa shape index (κ2) is 6.80. The molecule has 1 N–H and O–H groups in total. The Balaban J connectivity index is 2.02. The van der Waals surface area contributed by atoms with Gasteiger partial charge in [-0.3, -0.25) is 4.79 Å². The Morgan fingerprint density at radius 2 is 1.64 bits per heavy atom. The number of aromatic nitrogens is 2. The molecule has 3 rings (SSSR count). The maximum absolute atomic E-state index is 12.7. The maximum atomic E-state index is 12.7. The van der Waals surface area contributed by atoms with Gasteiger partial charge in [0.15, 0.2) is 5.69 Å². The van der Waals surface area contributed by atoms with Crippen LogP contribution in [0.1, 0.15) is 27.2 Å². The molecule has 1 amide bonds. The van der Waals surface area contributed by atoms with Gasteiger partial charge in [0.05, 0.1) is 18.1 Å². The predicted molar refractivity (Wildman–Crippen MR) is 102 cm³/mol. The number of carbonyl (C=O) groups is 1. The zero-order valence-corrected chi connectivity index (χ0v) is 16.1. The first-order valence-corrected chi connectivity index (χ1v) is 8.59. The normalized spacial score (nSPS) is 10.8. The van der Waals surface area contributed by atoms with Gasteiger partial charge in [0.25, 0.3) is 5.91 Å². The van der Waals surface area contributed by atoms with Crippen LogP contribution in [0.25, 0.3) is 11.0 Å². The fourth-order valence-electron chi connectivity index (χ4n) is 2.50. The van der Waals surface area contributed by atoms with Crippen LogP contribution in [0.3, 0.4) is 0 Å². The van der Waals surface area contributed by atoms with Crippen molar-refractivity contribution in [1.29, 1.82) is 0 Å². The van der Waals surface area contributed by atoms with Crippen LogP contribution in [0.15, 0.2) is 34.8 Å². The number of hydrogen-bond donors (Lipinski definition) is 1. The average Bonchev–Trinajstić information content (AvgIpc) is 2.58. The molecule has 0 saturated carbocycles. The number of anilines is 1. The van der Waals surface area contributed by atoms with Crippen molar-refractivity contribution < 1.29 is 9.53 Å². The van der Waals surface area contributed by atoms with E-state index < -0.39 is 0 Å². The number of nitrogens with one attached hydrogen (secondary N) is 1. The Bertz CT molecular complexity index is 986. The number of ether oxygens (including phenoxy) is 1. The lowest BCUT2D eigenvalue weighted by Gasteiger charge is -2.11. The number of nitrogens with zero attached hydrogens (tertiary/aromatic N) is 2. The SMILES string of the molecule is COc1nc2cc(C)c(C)cc2nc1C(=O)Nc1ccc(Br)c(C)c1. The van der Waals surface area contributed by atoms with Crippen molar-refractivity contribution in [3.8, 4) is 5.88 Å². The molecule has 0 saturated heterocycles. The monoisotopic (exact) mass is 399 g/mol. The summed E-state index contributed by atoms with van der Waals surface area (Å²) in [6.07, 6.45) is 0. The third kappa shape index (κ3) is 3.49. The Morgan fingerprint density at radius 1 is 1.00 bits per heavy atom. The van der Waals surface area contributed by atoms with Crippen LogP contribution >= 0.6 is 15.9 Å². The maximum Gasteiger partial charge on any atom is 0.279 e. The first-order chi connectivity index (χ1) is 11.9. The second-order valence-corrected chi connectivity index (χ2v) is 6.78. The number of fused-ring (bicyclic) bond motifs is 1. The van der Waals surface area contributed by atoms with E-state index in [1.54, 1.807) is 0 Å². The van der Waals surface area contributed by atoms with E-state index in [1.807, 2.05) is 51.1 Å². The fourth-order valence-corrected chi connectivity index (χ4v) is 2.75. The number of benzene rings is 2. The van der Waals surface area contributed by atoms with Gasteiger partial charge in [-0.1, -0.05) is 15.9 Å². The number of halogens is 1. The quantitative estimate of drug-likeness (QED) is 0.699. The molecule has 0 spiro atoms. The first kappa shape index (κ1) is 17.4. The highest BCUT2D eigenvalue weighted by molar-refractivity contribution is 9.10. The molecule has 0 fully saturated rings. The molecule has 5 nitrogen and oxygen atoms in total. The van der Waals surface area contributed by atoms with Crippen LogP contribution in [-0.4, -0.2) is 23.0 Å². The third-order valence-corrected chi connectivity index (χ3v) is 4.96. The standard InChI is InChI=1S/C19H18BrN3O2/c1-10-8-15-16(9-11(10)2)23-19(25-4)17(22-15)18(24)21-13-5-6-14(20)12(3)7-13/h5-9H,1-4H3,(H,21,24). The highest BCUT2D eigenvalue weighted by Gasteiger charge is 2.18. The highest BCUT2D eigenvalue weighted by atomic mass is 79.9. The Kier molecular flexibility index (Phi) is 4.72. The van der Waals surface area contributed by atoms with Crippen LogP contribution in [0, 0.1) is 20.8 Å². The van der Waals surface area contributed by atoms with E-state index in [1.165, 1.54) is 7.11 Å². The smallest absolute Gasteiger partial charge is 0.279 e. The Morgan fingerprint density at radius 3 is 2.24 bits per heavy atom. The molecule has 0 bridgehead atoms. The van der Waals surface area contributed by atoms with E-state index in [-0.39, 0.29) is 17.5 Å². The summed E-state index contributed by atoms with van der Waals surface area (Å²) < 4.78 is 6.27. The van der Waals surface area contributed by atoms with Gasteiger partial charge in [0.1, 0.15) is 0 Å². The van der Waals surface area contributed by atoms with Crippen molar-refractivity contribution in [3.63, 3.8) is 0 Å². The molecule has 0 radical (unpaired) electrons. The van der Waals surface area contributed by atoms with Crippen molar-refractivity contribution in [2.24, 2.45) is 0 Å². The third-order valence-electron chi connectivity index (χ3n) is 4.07. The summed E-state index contributed by atoms with van der Waals surface area (Å²) >= 11 is 3.45. The Labute approximate surface area is 154 Å². The molecule has 6 heteroatoms. The summed E-state index contributed by atoms with van der Waals surface area (Å²) in [5, 5.41) is 2.85. The molecule has 3 aromatic rings. The van der Waals surface area contributed by atoms with Gasteiger partial charge in [-0.15, -0.1) is 0 Å². The van der Waals surface area contributed by atoms with Gasteiger partial charge >= 0.3 is 0 Å². The molecule has 25 heavy (non-hydrogen) atoms. The zero-order chi connectivity index (χ0) is 18.1. The molecule has 128 valence electrons. The minimum atomic E-state index is -0.355. The summed E-state index contributed by atoms with van der Waals surface area (Å²) in [5.74, 6) is -0.145. The molecule has 1 aromatic heterocycles. The minimum absolute atomic E-state index is 0.166. The molecule has 0 aliphatic carbocycles. The van der Waals surface area contributed by atoms with Gasteiger partial charge in [-0.05, 0) is 67.8 Å². The zero-order valence-electron chi connectivity index (χ0n) is 14.5. The first-order valence-electron chi connectivity index (χ1n) is 7.79. The molecule has 0 aliphatic rings. The molecular formula is C19H18BrN3O2. The number of hydrogen-bond acceptors (Lipinski definition) is 4. The fraction of sp³-hybridized carbons (Fsp3) is 0.211. The number of methoxy groups -OCH3 is 1. The number of amides is 1. The molecule has 1 heterocycles. The molecule has 0 aliphatic heterocycles. The van der Waals surface area contributed by atoms with E-state index in [2.05, 4.69) is 31.2 Å². The molecule has 0 atom stereocenters. The van der Waals surface area contributed by atoms with Crippen LogP contribution in [0.4, 0.5) is 5.69 Å². The van der Waals surface area contributed by atoms with Crippen molar-refractivity contribution in [3.05, 3.63) is 57.2 Å². The molecule has 0 unspecified atom stereocenters. The summed E-state index contributed by atoms with van der Waals surface area (Å²) in [6, 6.07) is 9.47. The highest BCUT2D eigenvalue weighted by Crippen LogP contribution is 2.24. The lowest BCUT2D eigenvalue weighted by molar-refractivity contribution is 0.101. The van der Waals surface area contributed by atoms with Crippen LogP contribution in [0.5, 0.6) is 5.88 Å². The number of aryl methyl sites for hydroxylation is 3. The van der Waals surface area contributed by atoms with Gasteiger partial charge in [-0.25, -0.2) is 9.97 Å². The van der Waals surface area contributed by atoms with E-state index in [0.717, 1.165) is 21.2 Å². The van der Waals surface area contributed by atoms with Crippen LogP contribution < -0.4 is 10.1 Å². The largest absolute Gasteiger partial charge is 0.479 e. The molecule has 2 aromatic carbocycles. The summed E-state index contributed by atoms with van der Waals surface area (Å²) in [5.41, 5.74) is 5.47. The van der Waals surface area contributed by atoms with Gasteiger partial charge in [0.2, 0.25) is 5.88 Å². The van der Waals surface area contributed by atoms with E-state index in [9.17, 15) is 4.79 Å². The van der Waals surface area contributed by atoms with Gasteiger partial charge in [-0.2, -0.15) is 0 Å². The lowest BCUT2D eigenvalue weighted by atomic mass is 10.1. The number of carbonyl (C=O) groups excluding carboxylic acids is 1. The predicted octanol–water partition coefficient (Wildman–Crippen LogP) is 4.58. The van der Waals surface area contributed by atoms with Crippen LogP contribution in [0.2, 0.25) is 0 Å². The van der Waals surface area contributed by atoms with Crippen molar-refractivity contribution >= 4 is 38.6 Å². The topological polar surface area (TPSA) is 64.1 Å². The lowest BCUT2D eigenvalue weighted by Crippen LogP contribution is -2.16. The van der Waals surface area contributed by atoms with Crippen molar-refractivity contribution in [2.45, 2.75) is 20.8 Å². The van der Waals surface area contributed by atoms with E-state index in [4.69, 9.17) is 4.74 Å². The van der Waals surface area contributed by atoms with Crippen molar-refractivity contribution in [1.82, 2.24) is 9.97 Å². The summed E-state index contributed by atoms with van der Waals surface area (Å²) in [6.45, 7) is 5.98. The summed E-state index contributed by atoms with van der Waals surface area (Å²) in [4.78, 5) is 21.6. The van der Waals surface area contributed by atoms with Gasteiger partial charge < -0.3 is 10.1 Å². The van der Waals surface area contributed by atoms with Gasteiger partial charge in [0, 0.05) is 10.2 Å². The minimum Gasteiger partial charge on any atom is -0.479 e. The van der Waals surface area contributed by atoms with E-state index >= 15 is 0 Å². The van der Waals surface area contributed by atoms with Crippen LogP contribution in [-0.2, 0) is 0 Å². The average molecular weight is 400 g/mol. The molecular weight excluding hydrogens is 382 g/mol. The summed E-state index contributed by atoms with van der Waals surface area (Å²) in [7, 11) is 1.48. The van der Waals surface area contributed by atoms with E-state index in [0.29, 0.717) is 16.7 Å². The Hall–Kier alpha value is -2.47. The second-order valence-electron chi connectivity index (χ2n) is 5.92.